The van der Waals surface area contributed by atoms with Crippen LogP contribution in [0.5, 0.6) is 0 Å². The number of allylic oxidation sites excluding steroid dienone is 4. The Bertz CT molecular complexity index is 1040. The zero-order valence-electron chi connectivity index (χ0n) is 16.9. The second-order valence-corrected chi connectivity index (χ2v) is 7.45. The van der Waals surface area contributed by atoms with Gasteiger partial charge in [0.2, 0.25) is 0 Å². The van der Waals surface area contributed by atoms with Crippen molar-refractivity contribution in [3.63, 3.8) is 0 Å². The Hall–Kier alpha value is -3.27. The molecule has 1 N–H and O–H groups in total. The average molecular weight is 388 g/mol. The molecule has 0 aromatic heterocycles. The second-order valence-electron chi connectivity index (χ2n) is 7.45. The van der Waals surface area contributed by atoms with Crippen LogP contribution in [-0.2, 0) is 16.0 Å². The maximum absolute atomic E-state index is 13.1. The molecule has 148 valence electrons. The fraction of sp³-hybridized carbons (Fsp3) is 0.240. The highest BCUT2D eigenvalue weighted by molar-refractivity contribution is 6.25. The predicted molar refractivity (Wildman–Crippen MR) is 112 cm³/mol. The van der Waals surface area contributed by atoms with E-state index >= 15 is 0 Å². The van der Waals surface area contributed by atoms with Gasteiger partial charge in [-0.2, -0.15) is 0 Å². The van der Waals surface area contributed by atoms with E-state index in [9.17, 15) is 19.5 Å². The van der Waals surface area contributed by atoms with Crippen LogP contribution in [-0.4, -0.2) is 22.6 Å². The topological polar surface area (TPSA) is 71.4 Å². The van der Waals surface area contributed by atoms with Crippen molar-refractivity contribution in [2.24, 2.45) is 0 Å². The Morgan fingerprint density at radius 2 is 1.52 bits per heavy atom. The molecule has 0 spiro atoms. The fourth-order valence-electron chi connectivity index (χ4n) is 3.87. The number of aryl methyl sites for hydroxylation is 1. The number of hydrogen-bond donors (Lipinski definition) is 1. The van der Waals surface area contributed by atoms with Crippen molar-refractivity contribution in [3.8, 4) is 0 Å². The summed E-state index contributed by atoms with van der Waals surface area (Å²) >= 11 is 0. The summed E-state index contributed by atoms with van der Waals surface area (Å²) in [6.07, 6.45) is 1.20. The van der Waals surface area contributed by atoms with Crippen LogP contribution >= 0.6 is 0 Å². The molecule has 1 unspecified atom stereocenters. The average Bonchev–Trinajstić information content (AvgIpc) is 2.74. The van der Waals surface area contributed by atoms with Gasteiger partial charge in [-0.05, 0) is 56.9 Å². The summed E-state index contributed by atoms with van der Waals surface area (Å²) in [5, 5.41) is 9.23. The van der Waals surface area contributed by atoms with E-state index in [2.05, 4.69) is 0 Å². The van der Waals surface area contributed by atoms with Crippen molar-refractivity contribution < 1.29 is 19.5 Å². The van der Waals surface area contributed by atoms with Gasteiger partial charge in [0, 0.05) is 28.2 Å². The maximum Gasteiger partial charge on any atom is 0.335 e. The van der Waals surface area contributed by atoms with Gasteiger partial charge in [0.1, 0.15) is 0 Å². The van der Waals surface area contributed by atoms with Crippen molar-refractivity contribution in [1.29, 1.82) is 0 Å². The van der Waals surface area contributed by atoms with E-state index in [0.717, 1.165) is 11.1 Å². The van der Waals surface area contributed by atoms with Gasteiger partial charge in [0.25, 0.3) is 0 Å². The van der Waals surface area contributed by atoms with Gasteiger partial charge in [-0.1, -0.05) is 42.5 Å². The van der Waals surface area contributed by atoms with Gasteiger partial charge in [-0.25, -0.2) is 4.79 Å². The van der Waals surface area contributed by atoms with E-state index in [1.54, 1.807) is 39.0 Å². The number of Topliss-reactive ketones (excluding diaryl/α,β-unsaturated/α-hetero) is 2. The van der Waals surface area contributed by atoms with Crippen LogP contribution < -0.4 is 0 Å². The van der Waals surface area contributed by atoms with E-state index in [1.807, 2.05) is 36.4 Å². The SMILES string of the molecule is CC1=C(C)C(=O)C(C(CCc2cccc(C(=O)O)c2)c2ccccc2)=C(C)C1=O. The molecule has 4 nitrogen and oxygen atoms in total. The number of rotatable bonds is 6. The minimum absolute atomic E-state index is 0.0762. The van der Waals surface area contributed by atoms with Crippen molar-refractivity contribution >= 4 is 17.5 Å². The normalized spacial score (nSPS) is 15.7. The monoisotopic (exact) mass is 388 g/mol. The van der Waals surface area contributed by atoms with E-state index < -0.39 is 5.97 Å². The number of carboxylic acids is 1. The summed E-state index contributed by atoms with van der Waals surface area (Å²) in [6, 6.07) is 16.5. The standard InChI is InChI=1S/C25H24O4/c1-15-16(2)24(27)22(17(3)23(15)26)21(19-9-5-4-6-10-19)13-12-18-8-7-11-20(14-18)25(28)29/h4-11,14,21H,12-13H2,1-3H3,(H,28,29). The van der Waals surface area contributed by atoms with Crippen LogP contribution in [0.25, 0.3) is 0 Å². The molecule has 0 heterocycles. The molecule has 4 heteroatoms. The molecule has 0 saturated carbocycles. The Balaban J connectivity index is 1.99. The Morgan fingerprint density at radius 3 is 2.17 bits per heavy atom. The lowest BCUT2D eigenvalue weighted by atomic mass is 9.75. The first kappa shape index (κ1) is 20.5. The van der Waals surface area contributed by atoms with E-state index in [4.69, 9.17) is 0 Å². The van der Waals surface area contributed by atoms with Crippen LogP contribution in [0.1, 0.15) is 54.6 Å². The van der Waals surface area contributed by atoms with Crippen molar-refractivity contribution in [2.45, 2.75) is 39.5 Å². The predicted octanol–water partition coefficient (Wildman–Crippen LogP) is 4.91. The Kier molecular flexibility index (Phi) is 5.92. The molecule has 29 heavy (non-hydrogen) atoms. The van der Waals surface area contributed by atoms with Crippen molar-refractivity contribution in [3.05, 3.63) is 93.6 Å². The molecule has 2 aromatic rings. The van der Waals surface area contributed by atoms with Crippen LogP contribution in [0.3, 0.4) is 0 Å². The molecule has 0 bridgehead atoms. The molecule has 1 aliphatic carbocycles. The van der Waals surface area contributed by atoms with Gasteiger partial charge in [0.05, 0.1) is 5.56 Å². The van der Waals surface area contributed by atoms with Crippen LogP contribution in [0.4, 0.5) is 0 Å². The molecule has 0 aliphatic heterocycles. The molecule has 0 radical (unpaired) electrons. The van der Waals surface area contributed by atoms with Crippen molar-refractivity contribution in [2.75, 3.05) is 0 Å². The molecule has 0 fully saturated rings. The van der Waals surface area contributed by atoms with Gasteiger partial charge in [-0.3, -0.25) is 9.59 Å². The minimum Gasteiger partial charge on any atom is -0.478 e. The second kappa shape index (κ2) is 8.39. The fourth-order valence-corrected chi connectivity index (χ4v) is 3.87. The first-order chi connectivity index (χ1) is 13.8. The third-order valence-corrected chi connectivity index (χ3v) is 5.68. The molecule has 2 aromatic carbocycles. The van der Waals surface area contributed by atoms with Gasteiger partial charge >= 0.3 is 5.97 Å². The maximum atomic E-state index is 13.1. The summed E-state index contributed by atoms with van der Waals surface area (Å²) in [4.78, 5) is 37.1. The van der Waals surface area contributed by atoms with Crippen LogP contribution in [0.15, 0.2) is 76.9 Å². The van der Waals surface area contributed by atoms with Crippen LogP contribution in [0.2, 0.25) is 0 Å². The third-order valence-electron chi connectivity index (χ3n) is 5.68. The summed E-state index contributed by atoms with van der Waals surface area (Å²) < 4.78 is 0. The number of aromatic carboxylic acids is 1. The molecular formula is C25H24O4. The lowest BCUT2D eigenvalue weighted by Gasteiger charge is -2.26. The number of carbonyl (C=O) groups excluding carboxylic acids is 2. The summed E-state index contributed by atoms with van der Waals surface area (Å²) in [7, 11) is 0. The largest absolute Gasteiger partial charge is 0.478 e. The van der Waals surface area contributed by atoms with Crippen LogP contribution in [0, 0.1) is 0 Å². The number of ketones is 2. The summed E-state index contributed by atoms with van der Waals surface area (Å²) in [6.45, 7) is 5.14. The third kappa shape index (κ3) is 4.11. The first-order valence-electron chi connectivity index (χ1n) is 9.66. The van der Waals surface area contributed by atoms with E-state index in [1.165, 1.54) is 0 Å². The molecular weight excluding hydrogens is 364 g/mol. The minimum atomic E-state index is -0.964. The molecule has 1 aliphatic rings. The smallest absolute Gasteiger partial charge is 0.335 e. The molecule has 0 saturated heterocycles. The molecule has 1 atom stereocenters. The first-order valence-corrected chi connectivity index (χ1v) is 9.66. The van der Waals surface area contributed by atoms with E-state index in [-0.39, 0.29) is 23.0 Å². The van der Waals surface area contributed by atoms with E-state index in [0.29, 0.717) is 35.1 Å². The lowest BCUT2D eigenvalue weighted by Crippen LogP contribution is -2.25. The van der Waals surface area contributed by atoms with Crippen molar-refractivity contribution in [1.82, 2.24) is 0 Å². The number of hydrogen-bond acceptors (Lipinski definition) is 3. The Labute approximate surface area is 170 Å². The van der Waals surface area contributed by atoms with Gasteiger partial charge in [0.15, 0.2) is 11.6 Å². The number of benzene rings is 2. The highest BCUT2D eigenvalue weighted by Gasteiger charge is 2.33. The molecule has 3 rings (SSSR count). The highest BCUT2D eigenvalue weighted by atomic mass is 16.4. The number of carbonyl (C=O) groups is 3. The Morgan fingerprint density at radius 1 is 0.862 bits per heavy atom. The quantitative estimate of drug-likeness (QED) is 0.714. The molecule has 0 amide bonds. The zero-order chi connectivity index (χ0) is 21.1. The lowest BCUT2D eigenvalue weighted by molar-refractivity contribution is -0.116. The van der Waals surface area contributed by atoms with Gasteiger partial charge in [-0.15, -0.1) is 0 Å². The van der Waals surface area contributed by atoms with Gasteiger partial charge < -0.3 is 5.11 Å². The number of carboxylic acid groups (broad SMARTS) is 1. The summed E-state index contributed by atoms with van der Waals surface area (Å²) in [5.41, 5.74) is 4.19. The highest BCUT2D eigenvalue weighted by Crippen LogP contribution is 2.37. The zero-order valence-corrected chi connectivity index (χ0v) is 16.9. The summed E-state index contributed by atoms with van der Waals surface area (Å²) in [5.74, 6) is -1.35.